The van der Waals surface area contributed by atoms with Crippen molar-refractivity contribution >= 4 is 0 Å². The third-order valence-electron chi connectivity index (χ3n) is 3.25. The Morgan fingerprint density at radius 1 is 1.10 bits per heavy atom. The normalized spacial score (nSPS) is 12.6. The zero-order chi connectivity index (χ0) is 14.4. The maximum Gasteiger partial charge on any atom is 0.115 e. The van der Waals surface area contributed by atoms with Crippen LogP contribution >= 0.6 is 0 Å². The summed E-state index contributed by atoms with van der Waals surface area (Å²) < 4.78 is 0. The van der Waals surface area contributed by atoms with Crippen LogP contribution in [0.2, 0.25) is 0 Å². The van der Waals surface area contributed by atoms with Crippen molar-refractivity contribution in [3.05, 3.63) is 59.7 Å². The van der Waals surface area contributed by atoms with E-state index in [9.17, 15) is 0 Å². The molecule has 0 aliphatic heterocycles. The topological polar surface area (TPSA) is 37.8 Å². The smallest absolute Gasteiger partial charge is 0.115 e. The van der Waals surface area contributed by atoms with Gasteiger partial charge in [-0.3, -0.25) is 0 Å². The molecule has 1 N–H and O–H groups in total. The predicted octanol–water partition coefficient (Wildman–Crippen LogP) is 3.37. The molecule has 0 fully saturated rings. The lowest BCUT2D eigenvalue weighted by molar-refractivity contribution is 0.620. The van der Waals surface area contributed by atoms with Crippen LogP contribution in [0.5, 0.6) is 0 Å². The minimum Gasteiger partial charge on any atom is -0.306 e. The highest BCUT2D eigenvalue weighted by Gasteiger charge is 2.14. The fourth-order valence-corrected chi connectivity index (χ4v) is 2.46. The molecule has 1 aromatic heterocycles. The molecule has 0 aliphatic rings. The predicted molar refractivity (Wildman–Crippen MR) is 82.5 cm³/mol. The second-order valence-corrected chi connectivity index (χ2v) is 5.51. The summed E-state index contributed by atoms with van der Waals surface area (Å²) in [6.07, 6.45) is 6.45. The molecule has 0 spiro atoms. The molecule has 0 bridgehead atoms. The monoisotopic (exact) mass is 269 g/mol. The molecule has 0 aliphatic carbocycles. The number of hydrogen-bond donors (Lipinski definition) is 1. The maximum atomic E-state index is 4.13. The fraction of sp³-hybridized carbons (Fsp3) is 0.412. The number of nitrogens with one attached hydrogen (secondary N) is 1. The van der Waals surface area contributed by atoms with Crippen molar-refractivity contribution in [3.8, 4) is 0 Å². The molecule has 1 heterocycles. The molecular weight excluding hydrogens is 246 g/mol. The Labute approximate surface area is 121 Å². The van der Waals surface area contributed by atoms with Gasteiger partial charge in [0.05, 0.1) is 6.04 Å². The molecule has 0 saturated carbocycles. The van der Waals surface area contributed by atoms with E-state index in [0.717, 1.165) is 18.5 Å². The van der Waals surface area contributed by atoms with Crippen LogP contribution in [0.3, 0.4) is 0 Å². The Hall–Kier alpha value is -1.74. The van der Waals surface area contributed by atoms with E-state index in [1.54, 1.807) is 6.33 Å². The Bertz CT molecular complexity index is 523. The second kappa shape index (κ2) is 7.15. The summed E-state index contributed by atoms with van der Waals surface area (Å²) in [5.41, 5.74) is 3.77. The van der Waals surface area contributed by atoms with Crippen LogP contribution in [-0.4, -0.2) is 16.5 Å². The molecule has 0 radical (unpaired) electrons. The van der Waals surface area contributed by atoms with Crippen LogP contribution in [0.15, 0.2) is 43.0 Å². The lowest BCUT2D eigenvalue weighted by Gasteiger charge is -2.19. The lowest BCUT2D eigenvalue weighted by Crippen LogP contribution is -2.22. The van der Waals surface area contributed by atoms with Gasteiger partial charge in [0, 0.05) is 18.0 Å². The van der Waals surface area contributed by atoms with E-state index in [2.05, 4.69) is 60.3 Å². The van der Waals surface area contributed by atoms with E-state index in [1.165, 1.54) is 11.1 Å². The summed E-state index contributed by atoms with van der Waals surface area (Å²) in [5, 5.41) is 3.52. The third kappa shape index (κ3) is 3.87. The van der Waals surface area contributed by atoms with E-state index in [4.69, 9.17) is 0 Å². The van der Waals surface area contributed by atoms with Crippen molar-refractivity contribution in [2.75, 3.05) is 6.54 Å². The third-order valence-corrected chi connectivity index (χ3v) is 3.25. The molecule has 1 aromatic carbocycles. The molecule has 0 amide bonds. The molecule has 106 valence electrons. The first-order valence-electron chi connectivity index (χ1n) is 7.27. The van der Waals surface area contributed by atoms with E-state index in [1.807, 2.05) is 12.4 Å². The first-order chi connectivity index (χ1) is 9.70. The molecule has 0 saturated heterocycles. The molecular formula is C17H23N3. The first kappa shape index (κ1) is 14.7. The molecule has 3 nitrogen and oxygen atoms in total. The van der Waals surface area contributed by atoms with Gasteiger partial charge in [0.15, 0.2) is 0 Å². The minimum absolute atomic E-state index is 0.160. The molecule has 1 unspecified atom stereocenters. The van der Waals surface area contributed by atoms with Crippen molar-refractivity contribution < 1.29 is 0 Å². The van der Waals surface area contributed by atoms with Crippen LogP contribution in [0.25, 0.3) is 0 Å². The number of aromatic nitrogens is 2. The van der Waals surface area contributed by atoms with Crippen LogP contribution < -0.4 is 5.32 Å². The van der Waals surface area contributed by atoms with Gasteiger partial charge in [-0.25, -0.2) is 9.97 Å². The summed E-state index contributed by atoms with van der Waals surface area (Å²) in [6, 6.07) is 8.97. The highest BCUT2D eigenvalue weighted by atomic mass is 14.9. The van der Waals surface area contributed by atoms with Crippen LogP contribution in [0, 0.1) is 5.92 Å². The van der Waals surface area contributed by atoms with Gasteiger partial charge in [-0.05, 0) is 30.0 Å². The molecule has 2 aromatic rings. The van der Waals surface area contributed by atoms with Gasteiger partial charge in [-0.1, -0.05) is 45.0 Å². The number of nitrogens with zero attached hydrogens (tertiary/aromatic N) is 2. The Balaban J connectivity index is 2.30. The van der Waals surface area contributed by atoms with E-state index < -0.39 is 0 Å². The SMILES string of the molecule is CCNC(c1cncnc1)c1cccc(CC(C)C)c1. The highest BCUT2D eigenvalue weighted by Crippen LogP contribution is 2.22. The zero-order valence-corrected chi connectivity index (χ0v) is 12.5. The molecule has 1 atom stereocenters. The average Bonchev–Trinajstić information content (AvgIpc) is 2.45. The van der Waals surface area contributed by atoms with Crippen molar-refractivity contribution in [2.45, 2.75) is 33.2 Å². The Kier molecular flexibility index (Phi) is 5.24. The summed E-state index contributed by atoms with van der Waals surface area (Å²) in [6.45, 7) is 7.53. The standard InChI is InChI=1S/C17H23N3/c1-4-20-17(16-10-18-12-19-11-16)15-7-5-6-14(9-15)8-13(2)3/h5-7,9-13,17,20H,4,8H2,1-3H3. The lowest BCUT2D eigenvalue weighted by atomic mass is 9.96. The van der Waals surface area contributed by atoms with Gasteiger partial charge < -0.3 is 5.32 Å². The summed E-state index contributed by atoms with van der Waals surface area (Å²) in [4.78, 5) is 8.27. The maximum absolute atomic E-state index is 4.13. The fourth-order valence-electron chi connectivity index (χ4n) is 2.46. The van der Waals surface area contributed by atoms with E-state index in [-0.39, 0.29) is 6.04 Å². The van der Waals surface area contributed by atoms with Gasteiger partial charge >= 0.3 is 0 Å². The minimum atomic E-state index is 0.160. The van der Waals surface area contributed by atoms with Crippen molar-refractivity contribution in [2.24, 2.45) is 5.92 Å². The van der Waals surface area contributed by atoms with Gasteiger partial charge in [-0.2, -0.15) is 0 Å². The van der Waals surface area contributed by atoms with Crippen molar-refractivity contribution in [1.82, 2.24) is 15.3 Å². The first-order valence-corrected chi connectivity index (χ1v) is 7.27. The van der Waals surface area contributed by atoms with E-state index in [0.29, 0.717) is 5.92 Å². The Morgan fingerprint density at radius 2 is 1.85 bits per heavy atom. The summed E-state index contributed by atoms with van der Waals surface area (Å²) in [7, 11) is 0. The molecule has 3 heteroatoms. The van der Waals surface area contributed by atoms with Gasteiger partial charge in [0.1, 0.15) is 6.33 Å². The number of rotatable bonds is 6. The average molecular weight is 269 g/mol. The zero-order valence-electron chi connectivity index (χ0n) is 12.5. The van der Waals surface area contributed by atoms with Crippen LogP contribution in [-0.2, 0) is 6.42 Å². The van der Waals surface area contributed by atoms with Gasteiger partial charge in [0.25, 0.3) is 0 Å². The van der Waals surface area contributed by atoms with Crippen LogP contribution in [0.1, 0.15) is 43.5 Å². The number of hydrogen-bond acceptors (Lipinski definition) is 3. The second-order valence-electron chi connectivity index (χ2n) is 5.51. The summed E-state index contributed by atoms with van der Waals surface area (Å²) >= 11 is 0. The van der Waals surface area contributed by atoms with Gasteiger partial charge in [0.2, 0.25) is 0 Å². The number of benzene rings is 1. The largest absolute Gasteiger partial charge is 0.306 e. The molecule has 2 rings (SSSR count). The molecule has 20 heavy (non-hydrogen) atoms. The van der Waals surface area contributed by atoms with Crippen LogP contribution in [0.4, 0.5) is 0 Å². The van der Waals surface area contributed by atoms with Gasteiger partial charge in [-0.15, -0.1) is 0 Å². The quantitative estimate of drug-likeness (QED) is 0.873. The highest BCUT2D eigenvalue weighted by molar-refractivity contribution is 5.32. The van der Waals surface area contributed by atoms with E-state index >= 15 is 0 Å². The van der Waals surface area contributed by atoms with Crippen molar-refractivity contribution in [1.29, 1.82) is 0 Å². The Morgan fingerprint density at radius 3 is 2.50 bits per heavy atom. The van der Waals surface area contributed by atoms with Crippen molar-refractivity contribution in [3.63, 3.8) is 0 Å². The summed E-state index contributed by atoms with van der Waals surface area (Å²) in [5.74, 6) is 0.669.